The SMILES string of the molecule is COc1ccc([C@@]23CC[C@@H](NC(=O)Nc4ccc(F)c(F)c4)C[C@@H]2N(Cc2ccc(F)cc2)CC3)cc1OC.O=C(O)C(F)(F)F. The lowest BCUT2D eigenvalue weighted by atomic mass is 9.65. The number of nitrogens with zero attached hydrogens (tertiary/aromatic N) is 1. The summed E-state index contributed by atoms with van der Waals surface area (Å²) in [4.78, 5) is 24.1. The summed E-state index contributed by atoms with van der Waals surface area (Å²) in [6, 6.07) is 15.4. The van der Waals surface area contributed by atoms with Crippen LogP contribution in [0.4, 0.5) is 36.8 Å². The van der Waals surface area contributed by atoms with Gasteiger partial charge < -0.3 is 25.2 Å². The van der Waals surface area contributed by atoms with Crippen molar-refractivity contribution in [2.45, 2.75) is 55.9 Å². The fourth-order valence-corrected chi connectivity index (χ4v) is 6.20. The molecule has 46 heavy (non-hydrogen) atoms. The molecule has 1 heterocycles. The van der Waals surface area contributed by atoms with Gasteiger partial charge in [0.05, 0.1) is 14.2 Å². The van der Waals surface area contributed by atoms with E-state index in [0.29, 0.717) is 24.5 Å². The number of ether oxygens (including phenoxy) is 2. The van der Waals surface area contributed by atoms with Crippen LogP contribution >= 0.6 is 0 Å². The summed E-state index contributed by atoms with van der Waals surface area (Å²) in [6.45, 7) is 1.51. The highest BCUT2D eigenvalue weighted by Crippen LogP contribution is 2.50. The smallest absolute Gasteiger partial charge is 0.490 e. The number of carbonyl (C=O) groups excluding carboxylic acids is 1. The van der Waals surface area contributed by atoms with Crippen molar-refractivity contribution in [1.82, 2.24) is 10.2 Å². The molecule has 1 saturated heterocycles. The van der Waals surface area contributed by atoms with Gasteiger partial charge in [0, 0.05) is 35.8 Å². The highest BCUT2D eigenvalue weighted by molar-refractivity contribution is 5.89. The van der Waals surface area contributed by atoms with E-state index in [1.807, 2.05) is 6.07 Å². The van der Waals surface area contributed by atoms with Gasteiger partial charge in [-0.25, -0.2) is 22.8 Å². The van der Waals surface area contributed by atoms with Crippen LogP contribution < -0.4 is 20.1 Å². The zero-order chi connectivity index (χ0) is 33.6. The van der Waals surface area contributed by atoms with Crippen molar-refractivity contribution in [3.8, 4) is 11.5 Å². The fourth-order valence-electron chi connectivity index (χ4n) is 6.20. The third kappa shape index (κ3) is 8.03. The van der Waals surface area contributed by atoms with Gasteiger partial charge in [-0.05, 0) is 79.8 Å². The minimum atomic E-state index is -5.08. The molecule has 248 valence electrons. The Kier molecular flexibility index (Phi) is 10.7. The maximum Gasteiger partial charge on any atom is 0.490 e. The number of halogens is 6. The number of hydrogen-bond acceptors (Lipinski definition) is 5. The van der Waals surface area contributed by atoms with Crippen LogP contribution in [0, 0.1) is 17.5 Å². The molecule has 0 aromatic heterocycles. The lowest BCUT2D eigenvalue weighted by molar-refractivity contribution is -0.192. The van der Waals surface area contributed by atoms with Gasteiger partial charge in [0.25, 0.3) is 0 Å². The molecular formula is C32H33F6N3O5. The summed E-state index contributed by atoms with van der Waals surface area (Å²) < 4.78 is 83.2. The fraction of sp³-hybridized carbons (Fsp3) is 0.375. The molecule has 1 aliphatic carbocycles. The molecule has 0 unspecified atom stereocenters. The summed E-state index contributed by atoms with van der Waals surface area (Å²) in [5, 5.41) is 12.8. The Balaban J connectivity index is 0.000000617. The van der Waals surface area contributed by atoms with Gasteiger partial charge in [-0.2, -0.15) is 13.2 Å². The predicted octanol–water partition coefficient (Wildman–Crippen LogP) is 6.64. The van der Waals surface area contributed by atoms with Gasteiger partial charge in [-0.3, -0.25) is 4.90 Å². The van der Waals surface area contributed by atoms with Crippen LogP contribution in [0.2, 0.25) is 0 Å². The third-order valence-corrected chi connectivity index (χ3v) is 8.38. The second-order valence-electron chi connectivity index (χ2n) is 11.1. The summed E-state index contributed by atoms with van der Waals surface area (Å²) >= 11 is 0. The van der Waals surface area contributed by atoms with Crippen molar-refractivity contribution in [3.63, 3.8) is 0 Å². The molecule has 2 amide bonds. The number of urea groups is 1. The second-order valence-corrected chi connectivity index (χ2v) is 11.1. The number of fused-ring (bicyclic) bond motifs is 1. The summed E-state index contributed by atoms with van der Waals surface area (Å²) in [5.41, 5.74) is 2.21. The van der Waals surface area contributed by atoms with Crippen molar-refractivity contribution in [3.05, 3.63) is 89.2 Å². The quantitative estimate of drug-likeness (QED) is 0.247. The summed E-state index contributed by atoms with van der Waals surface area (Å²) in [6.07, 6.45) is -1.87. The van der Waals surface area contributed by atoms with E-state index in [1.165, 1.54) is 18.2 Å². The standard InChI is InChI=1S/C30H32F3N3O3.C2HF3O2/c1-38-26-10-5-20(15-27(26)39-2)30-12-11-23(35-29(37)34-22-8-9-24(32)25(33)16-22)17-28(30)36(14-13-30)18-19-3-6-21(31)7-4-19;3-2(4,5)1(6)7/h3-10,15-16,23,28H,11-14,17-18H2,1-2H3,(H2,34,35,37);(H,6,7)/t23-,28+,30+;/m1./s1. The minimum absolute atomic E-state index is 0.1000. The molecule has 1 saturated carbocycles. The number of rotatable bonds is 7. The number of amides is 2. The van der Waals surface area contributed by atoms with E-state index >= 15 is 0 Å². The second kappa shape index (κ2) is 14.3. The molecule has 2 fully saturated rings. The Hall–Kier alpha value is -4.46. The average Bonchev–Trinajstić information content (AvgIpc) is 3.38. The van der Waals surface area contributed by atoms with Crippen LogP contribution in [0.25, 0.3) is 0 Å². The number of anilines is 1. The first kappa shape index (κ1) is 34.4. The first-order valence-corrected chi connectivity index (χ1v) is 14.3. The van der Waals surface area contributed by atoms with Crippen molar-refractivity contribution in [1.29, 1.82) is 0 Å². The molecular weight excluding hydrogens is 620 g/mol. The lowest BCUT2D eigenvalue weighted by Gasteiger charge is -2.45. The maximum atomic E-state index is 13.6. The largest absolute Gasteiger partial charge is 0.493 e. The number of benzene rings is 3. The van der Waals surface area contributed by atoms with Crippen LogP contribution in [0.1, 0.15) is 36.8 Å². The van der Waals surface area contributed by atoms with Crippen LogP contribution in [-0.4, -0.2) is 61.0 Å². The van der Waals surface area contributed by atoms with Crippen molar-refractivity contribution < 1.29 is 50.5 Å². The number of hydrogen-bond donors (Lipinski definition) is 3. The third-order valence-electron chi connectivity index (χ3n) is 8.38. The molecule has 3 aromatic rings. The van der Waals surface area contributed by atoms with E-state index in [-0.39, 0.29) is 29.0 Å². The number of carbonyl (C=O) groups is 2. The number of methoxy groups -OCH3 is 2. The van der Waals surface area contributed by atoms with Crippen molar-refractivity contribution in [2.24, 2.45) is 0 Å². The Labute approximate surface area is 261 Å². The summed E-state index contributed by atoms with van der Waals surface area (Å²) in [5.74, 6) is -3.68. The molecule has 3 aromatic carbocycles. The molecule has 3 atom stereocenters. The topological polar surface area (TPSA) is 100 Å². The molecule has 0 radical (unpaired) electrons. The average molecular weight is 654 g/mol. The number of likely N-dealkylation sites (tertiary alicyclic amines) is 1. The van der Waals surface area contributed by atoms with Gasteiger partial charge in [0.1, 0.15) is 5.82 Å². The highest BCUT2D eigenvalue weighted by Gasteiger charge is 2.51. The Morgan fingerprint density at radius 2 is 1.61 bits per heavy atom. The van der Waals surface area contributed by atoms with Gasteiger partial charge >= 0.3 is 18.2 Å². The van der Waals surface area contributed by atoms with Crippen molar-refractivity contribution >= 4 is 17.7 Å². The molecule has 3 N–H and O–H groups in total. The zero-order valence-corrected chi connectivity index (χ0v) is 25.0. The first-order valence-electron chi connectivity index (χ1n) is 14.3. The molecule has 8 nitrogen and oxygen atoms in total. The lowest BCUT2D eigenvalue weighted by Crippen LogP contribution is -2.52. The van der Waals surface area contributed by atoms with E-state index in [9.17, 15) is 31.1 Å². The first-order chi connectivity index (χ1) is 21.7. The van der Waals surface area contributed by atoms with Crippen LogP contribution in [0.15, 0.2) is 60.7 Å². The van der Waals surface area contributed by atoms with Gasteiger partial charge in [-0.1, -0.05) is 18.2 Å². The molecule has 2 aliphatic rings. The molecule has 0 bridgehead atoms. The molecule has 1 aliphatic heterocycles. The predicted molar refractivity (Wildman–Crippen MR) is 156 cm³/mol. The van der Waals surface area contributed by atoms with Crippen molar-refractivity contribution in [2.75, 3.05) is 26.1 Å². The van der Waals surface area contributed by atoms with Gasteiger partial charge in [0.15, 0.2) is 23.1 Å². The Morgan fingerprint density at radius 1 is 0.935 bits per heavy atom. The normalized spacial score (nSPS) is 21.0. The number of carboxylic acids is 1. The molecule has 0 spiro atoms. The molecule has 14 heteroatoms. The summed E-state index contributed by atoms with van der Waals surface area (Å²) in [7, 11) is 3.24. The number of carboxylic acid groups (broad SMARTS) is 1. The Bertz CT molecular complexity index is 1540. The van der Waals surface area contributed by atoms with Gasteiger partial charge in [0.2, 0.25) is 0 Å². The highest BCUT2D eigenvalue weighted by atomic mass is 19.4. The van der Waals surface area contributed by atoms with E-state index in [2.05, 4.69) is 27.7 Å². The van der Waals surface area contributed by atoms with E-state index in [4.69, 9.17) is 19.4 Å². The van der Waals surface area contributed by atoms with E-state index < -0.39 is 29.8 Å². The zero-order valence-electron chi connectivity index (χ0n) is 25.0. The van der Waals surface area contributed by atoms with Crippen LogP contribution in [0.5, 0.6) is 11.5 Å². The number of nitrogens with one attached hydrogen (secondary N) is 2. The van der Waals surface area contributed by atoms with E-state index in [1.54, 1.807) is 26.4 Å². The van der Waals surface area contributed by atoms with E-state index in [0.717, 1.165) is 49.1 Å². The van der Waals surface area contributed by atoms with Crippen LogP contribution in [-0.2, 0) is 16.8 Å². The van der Waals surface area contributed by atoms with Gasteiger partial charge in [-0.15, -0.1) is 0 Å². The number of aliphatic carboxylic acids is 1. The Morgan fingerprint density at radius 3 is 2.22 bits per heavy atom. The van der Waals surface area contributed by atoms with Crippen LogP contribution in [0.3, 0.4) is 0 Å². The minimum Gasteiger partial charge on any atom is -0.493 e. The number of alkyl halides is 3. The monoisotopic (exact) mass is 653 g/mol. The molecule has 5 rings (SSSR count). The maximum absolute atomic E-state index is 13.6.